The summed E-state index contributed by atoms with van der Waals surface area (Å²) in [4.78, 5) is 14.0. The van der Waals surface area contributed by atoms with Gasteiger partial charge in [-0.3, -0.25) is 10.2 Å². The van der Waals surface area contributed by atoms with Gasteiger partial charge >= 0.3 is 0 Å². The molecular weight excluding hydrogens is 297 g/mol. The second-order valence-corrected chi connectivity index (χ2v) is 6.12. The first-order chi connectivity index (χ1) is 10.9. The van der Waals surface area contributed by atoms with Crippen molar-refractivity contribution in [2.24, 2.45) is 5.92 Å². The molecule has 0 atom stereocenters. The van der Waals surface area contributed by atoms with Crippen molar-refractivity contribution in [1.82, 2.24) is 4.90 Å². The van der Waals surface area contributed by atoms with Crippen molar-refractivity contribution < 1.29 is 13.9 Å². The van der Waals surface area contributed by atoms with E-state index in [9.17, 15) is 9.18 Å². The molecule has 0 spiro atoms. The van der Waals surface area contributed by atoms with Crippen LogP contribution in [0.1, 0.15) is 24.5 Å². The minimum absolute atomic E-state index is 0.0207. The Balaban J connectivity index is 2.14. The van der Waals surface area contributed by atoms with Gasteiger partial charge in [0, 0.05) is 36.7 Å². The maximum Gasteiger partial charge on any atom is 0.268 e. The molecule has 2 rings (SSSR count). The Morgan fingerprint density at radius 3 is 2.61 bits per heavy atom. The van der Waals surface area contributed by atoms with Gasteiger partial charge < -0.3 is 15.0 Å². The largest absolute Gasteiger partial charge is 0.381 e. The summed E-state index contributed by atoms with van der Waals surface area (Å²) >= 11 is 0. The average molecular weight is 319 g/mol. The van der Waals surface area contributed by atoms with Crippen molar-refractivity contribution in [1.29, 1.82) is 10.8 Å². The van der Waals surface area contributed by atoms with Crippen LogP contribution in [0.3, 0.4) is 0 Å². The highest BCUT2D eigenvalue weighted by Crippen LogP contribution is 2.17. The Bertz CT molecular complexity index is 626. The summed E-state index contributed by atoms with van der Waals surface area (Å²) < 4.78 is 19.2. The Labute approximate surface area is 135 Å². The second-order valence-electron chi connectivity index (χ2n) is 6.12. The summed E-state index contributed by atoms with van der Waals surface area (Å²) in [6, 6.07) is 4.92. The van der Waals surface area contributed by atoms with E-state index in [1.807, 2.05) is 6.92 Å². The lowest BCUT2D eigenvalue weighted by Crippen LogP contribution is -2.44. The molecule has 1 saturated heterocycles. The number of hydrogen-bond acceptors (Lipinski definition) is 4. The van der Waals surface area contributed by atoms with Crippen molar-refractivity contribution >= 4 is 17.3 Å². The Morgan fingerprint density at radius 1 is 1.39 bits per heavy atom. The number of carbonyl (C=O) groups excluding carboxylic acids is 1. The first kappa shape index (κ1) is 17.3. The number of halogens is 1. The molecule has 1 heterocycles. The van der Waals surface area contributed by atoms with E-state index in [1.54, 1.807) is 19.1 Å². The molecule has 0 radical (unpaired) electrons. The van der Waals surface area contributed by atoms with Crippen molar-refractivity contribution in [3.05, 3.63) is 35.1 Å². The molecule has 1 amide bonds. The summed E-state index contributed by atoms with van der Waals surface area (Å²) in [5, 5.41) is 15.3. The molecule has 1 aliphatic rings. The van der Waals surface area contributed by atoms with E-state index in [2.05, 4.69) is 0 Å². The highest BCUT2D eigenvalue weighted by molar-refractivity contribution is 6.40. The number of benzene rings is 1. The van der Waals surface area contributed by atoms with Crippen molar-refractivity contribution in [3.8, 4) is 0 Å². The van der Waals surface area contributed by atoms with Crippen LogP contribution in [0.4, 0.5) is 4.39 Å². The van der Waals surface area contributed by atoms with Gasteiger partial charge in [0.25, 0.3) is 5.91 Å². The highest BCUT2D eigenvalue weighted by Gasteiger charge is 2.27. The summed E-state index contributed by atoms with van der Waals surface area (Å²) in [5.41, 5.74) is 1.38. The lowest BCUT2D eigenvalue weighted by atomic mass is 10.0. The minimum Gasteiger partial charge on any atom is -0.381 e. The zero-order valence-electron chi connectivity index (χ0n) is 13.5. The van der Waals surface area contributed by atoms with Gasteiger partial charge in [-0.2, -0.15) is 0 Å². The van der Waals surface area contributed by atoms with E-state index in [1.165, 1.54) is 11.0 Å². The van der Waals surface area contributed by atoms with Gasteiger partial charge in [0.15, 0.2) is 0 Å². The number of aryl methyl sites for hydroxylation is 1. The van der Waals surface area contributed by atoms with Crippen LogP contribution in [0.25, 0.3) is 0 Å². The first-order valence-corrected chi connectivity index (χ1v) is 7.60. The molecule has 124 valence electrons. The van der Waals surface area contributed by atoms with E-state index in [0.29, 0.717) is 25.3 Å². The molecule has 23 heavy (non-hydrogen) atoms. The molecular formula is C17H22FN3O2. The van der Waals surface area contributed by atoms with Crippen molar-refractivity contribution in [2.45, 2.75) is 26.8 Å². The van der Waals surface area contributed by atoms with Gasteiger partial charge in [-0.15, -0.1) is 0 Å². The molecule has 5 nitrogen and oxygen atoms in total. The van der Waals surface area contributed by atoms with Gasteiger partial charge in [0.1, 0.15) is 11.5 Å². The predicted molar refractivity (Wildman–Crippen MR) is 86.6 cm³/mol. The number of amides is 1. The number of carbonyl (C=O) groups is 1. The van der Waals surface area contributed by atoms with Gasteiger partial charge in [-0.05, 0) is 25.5 Å². The zero-order chi connectivity index (χ0) is 17.0. The average Bonchev–Trinajstić information content (AvgIpc) is 2.42. The Hall–Kier alpha value is -2.08. The third kappa shape index (κ3) is 4.69. The van der Waals surface area contributed by atoms with Crippen LogP contribution < -0.4 is 0 Å². The molecule has 0 aliphatic carbocycles. The van der Waals surface area contributed by atoms with Crippen molar-refractivity contribution in [3.63, 3.8) is 0 Å². The Morgan fingerprint density at radius 2 is 2.09 bits per heavy atom. The smallest absolute Gasteiger partial charge is 0.268 e. The third-order valence-corrected chi connectivity index (χ3v) is 3.74. The monoisotopic (exact) mass is 319 g/mol. The molecule has 0 aromatic heterocycles. The summed E-state index contributed by atoms with van der Waals surface area (Å²) in [6.45, 7) is 5.09. The lowest BCUT2D eigenvalue weighted by molar-refractivity contribution is -0.128. The molecule has 2 N–H and O–H groups in total. The summed E-state index contributed by atoms with van der Waals surface area (Å²) in [7, 11) is 0. The lowest BCUT2D eigenvalue weighted by Gasteiger charge is -2.32. The molecule has 6 heteroatoms. The van der Waals surface area contributed by atoms with E-state index in [0.717, 1.165) is 5.56 Å². The third-order valence-electron chi connectivity index (χ3n) is 3.74. The fourth-order valence-electron chi connectivity index (χ4n) is 2.44. The topological polar surface area (TPSA) is 77.2 Å². The van der Waals surface area contributed by atoms with Gasteiger partial charge in [-0.25, -0.2) is 4.39 Å². The molecule has 1 aromatic rings. The minimum atomic E-state index is -0.441. The highest BCUT2D eigenvalue weighted by atomic mass is 19.1. The molecule has 1 fully saturated rings. The van der Waals surface area contributed by atoms with Crippen LogP contribution in [0, 0.1) is 29.5 Å². The predicted octanol–water partition coefficient (Wildman–Crippen LogP) is 2.56. The van der Waals surface area contributed by atoms with Crippen LogP contribution >= 0.6 is 0 Å². The van der Waals surface area contributed by atoms with Crippen LogP contribution in [-0.2, 0) is 16.1 Å². The number of nitrogens with zero attached hydrogens (tertiary/aromatic N) is 1. The number of ether oxygens (including phenoxy) is 1. The van der Waals surface area contributed by atoms with E-state index < -0.39 is 5.91 Å². The van der Waals surface area contributed by atoms with Crippen LogP contribution in [0.15, 0.2) is 18.2 Å². The SMILES string of the molecule is CC(=N)CC(=N)C(=O)N(Cc1ccc(C)cc1F)CC1COC1. The fraction of sp³-hybridized carbons (Fsp3) is 0.471. The van der Waals surface area contributed by atoms with Crippen molar-refractivity contribution in [2.75, 3.05) is 19.8 Å². The van der Waals surface area contributed by atoms with Gasteiger partial charge in [-0.1, -0.05) is 12.1 Å². The molecule has 0 unspecified atom stereocenters. The molecule has 1 aliphatic heterocycles. The van der Waals surface area contributed by atoms with Crippen LogP contribution in [0.2, 0.25) is 0 Å². The van der Waals surface area contributed by atoms with E-state index >= 15 is 0 Å². The number of nitrogens with one attached hydrogen (secondary N) is 2. The fourth-order valence-corrected chi connectivity index (χ4v) is 2.44. The number of hydrogen-bond donors (Lipinski definition) is 2. The molecule has 1 aromatic carbocycles. The molecule has 0 bridgehead atoms. The number of rotatable bonds is 7. The first-order valence-electron chi connectivity index (χ1n) is 7.60. The normalized spacial score (nSPS) is 14.2. The molecule has 0 saturated carbocycles. The summed E-state index contributed by atoms with van der Waals surface area (Å²) in [5.74, 6) is -0.563. The van der Waals surface area contributed by atoms with Gasteiger partial charge in [0.05, 0.1) is 13.2 Å². The second kappa shape index (κ2) is 7.46. The maximum absolute atomic E-state index is 14.1. The summed E-state index contributed by atoms with van der Waals surface area (Å²) in [6.07, 6.45) is 0.0207. The standard InChI is InChI=1S/C17H22FN3O2/c1-11-3-4-14(15(18)5-11)8-21(7-13-9-23-10-13)17(22)16(20)6-12(2)19/h3-5,13,19-20H,6-10H2,1-2H3. The van der Waals surface area contributed by atoms with Crippen LogP contribution in [0.5, 0.6) is 0 Å². The van der Waals surface area contributed by atoms with E-state index in [-0.39, 0.29) is 36.1 Å². The maximum atomic E-state index is 14.1. The van der Waals surface area contributed by atoms with Gasteiger partial charge in [0.2, 0.25) is 0 Å². The quantitative estimate of drug-likeness (QED) is 0.758. The Kier molecular flexibility index (Phi) is 5.60. The zero-order valence-corrected chi connectivity index (χ0v) is 13.5. The van der Waals surface area contributed by atoms with E-state index in [4.69, 9.17) is 15.6 Å². The van der Waals surface area contributed by atoms with Crippen LogP contribution in [-0.4, -0.2) is 42.0 Å².